The molecule has 9 heteroatoms. The average molecular weight is 293 g/mol. The predicted octanol–water partition coefficient (Wildman–Crippen LogP) is 0.644. The average Bonchev–Trinajstić information content (AvgIpc) is 2.35. The number of aromatic nitrogens is 2. The number of rotatable bonds is 2. The van der Waals surface area contributed by atoms with Crippen molar-refractivity contribution in [3.63, 3.8) is 0 Å². The molecule has 0 bridgehead atoms. The van der Waals surface area contributed by atoms with Crippen molar-refractivity contribution in [3.8, 4) is 0 Å². The zero-order chi connectivity index (χ0) is 14.0. The first kappa shape index (κ1) is 13.9. The van der Waals surface area contributed by atoms with Crippen molar-refractivity contribution in [1.29, 1.82) is 0 Å². The first-order valence-corrected chi connectivity index (χ1v) is 6.38. The minimum absolute atomic E-state index is 0.0543. The first-order chi connectivity index (χ1) is 8.87. The second-order valence-corrected chi connectivity index (χ2v) is 5.00. The number of nitrogens with one attached hydrogen (secondary N) is 1. The van der Waals surface area contributed by atoms with Crippen molar-refractivity contribution in [2.75, 3.05) is 12.3 Å². The number of carbonyl (C=O) groups excluding carboxylic acids is 1. The molecule has 0 spiro atoms. The van der Waals surface area contributed by atoms with E-state index in [1.165, 1.54) is 28.6 Å². The molecule has 0 aliphatic carbocycles. The maximum Gasteiger partial charge on any atom is 0.405 e. The molecule has 0 fully saturated rings. The summed E-state index contributed by atoms with van der Waals surface area (Å²) in [5, 5.41) is 2.31. The van der Waals surface area contributed by atoms with Crippen LogP contribution >= 0.6 is 11.8 Å². The molecule has 1 aliphatic rings. The van der Waals surface area contributed by atoms with Crippen molar-refractivity contribution in [1.82, 2.24) is 14.9 Å². The summed E-state index contributed by atoms with van der Waals surface area (Å²) in [6.07, 6.45) is -3.07. The van der Waals surface area contributed by atoms with E-state index < -0.39 is 24.5 Å². The topological polar surface area (TPSA) is 64.0 Å². The van der Waals surface area contributed by atoms with Crippen molar-refractivity contribution < 1.29 is 18.0 Å². The van der Waals surface area contributed by atoms with Gasteiger partial charge < -0.3 is 5.32 Å². The maximum absolute atomic E-state index is 12.0. The first-order valence-electron chi connectivity index (χ1n) is 5.40. The lowest BCUT2D eigenvalue weighted by Crippen LogP contribution is -2.42. The Labute approximate surface area is 110 Å². The van der Waals surface area contributed by atoms with E-state index in [9.17, 15) is 22.8 Å². The van der Waals surface area contributed by atoms with E-state index in [4.69, 9.17) is 0 Å². The fourth-order valence-electron chi connectivity index (χ4n) is 1.64. The van der Waals surface area contributed by atoms with Crippen LogP contribution in [0.1, 0.15) is 0 Å². The Kier molecular flexibility index (Phi) is 3.83. The molecule has 5 nitrogen and oxygen atoms in total. The summed E-state index contributed by atoms with van der Waals surface area (Å²) >= 11 is 1.18. The van der Waals surface area contributed by atoms with E-state index in [2.05, 4.69) is 4.98 Å². The van der Waals surface area contributed by atoms with Crippen LogP contribution < -0.4 is 10.9 Å². The molecule has 1 unspecified atom stereocenters. The minimum Gasteiger partial charge on any atom is -0.347 e. The molecule has 0 saturated carbocycles. The Morgan fingerprint density at radius 2 is 2.32 bits per heavy atom. The summed E-state index contributed by atoms with van der Waals surface area (Å²) < 4.78 is 37.3. The zero-order valence-electron chi connectivity index (χ0n) is 9.61. The molecule has 2 rings (SSSR count). The van der Waals surface area contributed by atoms with Gasteiger partial charge in [-0.15, -0.1) is 0 Å². The van der Waals surface area contributed by atoms with Gasteiger partial charge in [0.1, 0.15) is 6.54 Å². The molecule has 0 saturated heterocycles. The third-order valence-corrected chi connectivity index (χ3v) is 3.70. The van der Waals surface area contributed by atoms with Gasteiger partial charge in [-0.3, -0.25) is 14.2 Å². The molecular weight excluding hydrogens is 283 g/mol. The summed E-state index contributed by atoms with van der Waals surface area (Å²) in [6, 6.07) is 1.25. The molecule has 1 N–H and O–H groups in total. The van der Waals surface area contributed by atoms with E-state index in [0.717, 1.165) is 0 Å². The molecule has 1 aliphatic heterocycles. The smallest absolute Gasteiger partial charge is 0.347 e. The molecular formula is C10H10F3N3O2S. The van der Waals surface area contributed by atoms with Crippen LogP contribution in [0.25, 0.3) is 0 Å². The van der Waals surface area contributed by atoms with Crippen LogP contribution in [0.15, 0.2) is 22.2 Å². The van der Waals surface area contributed by atoms with Gasteiger partial charge in [0.25, 0.3) is 5.56 Å². The van der Waals surface area contributed by atoms with Gasteiger partial charge >= 0.3 is 6.18 Å². The molecule has 104 valence electrons. The fraction of sp³-hybridized carbons (Fsp3) is 0.500. The number of thioether (sulfide) groups is 1. The van der Waals surface area contributed by atoms with Crippen molar-refractivity contribution >= 4 is 17.7 Å². The molecule has 1 atom stereocenters. The second kappa shape index (κ2) is 5.24. The highest BCUT2D eigenvalue weighted by Gasteiger charge is 2.31. The Morgan fingerprint density at radius 1 is 1.58 bits per heavy atom. The number of hydrogen-bond donors (Lipinski definition) is 1. The molecule has 1 amide bonds. The monoisotopic (exact) mass is 293 g/mol. The third kappa shape index (κ3) is 3.49. The van der Waals surface area contributed by atoms with Crippen LogP contribution in [0.3, 0.4) is 0 Å². The Morgan fingerprint density at radius 3 is 3.00 bits per heavy atom. The lowest BCUT2D eigenvalue weighted by atomic mass is 10.1. The second-order valence-electron chi connectivity index (χ2n) is 4.02. The summed E-state index contributed by atoms with van der Waals surface area (Å²) in [4.78, 5) is 27.1. The van der Waals surface area contributed by atoms with Crippen LogP contribution in [0.5, 0.6) is 0 Å². The SMILES string of the molecule is O=C(NCC(F)(F)F)C1CSc2nccc(=O)n2C1. The number of alkyl halides is 3. The number of amides is 1. The maximum atomic E-state index is 12.0. The molecule has 1 aromatic heterocycles. The van der Waals surface area contributed by atoms with Gasteiger partial charge in [-0.2, -0.15) is 13.2 Å². The van der Waals surface area contributed by atoms with Crippen LogP contribution in [0.2, 0.25) is 0 Å². The zero-order valence-corrected chi connectivity index (χ0v) is 10.4. The highest BCUT2D eigenvalue weighted by Crippen LogP contribution is 2.24. The number of nitrogens with zero attached hydrogens (tertiary/aromatic N) is 2. The molecule has 19 heavy (non-hydrogen) atoms. The molecule has 1 aromatic rings. The van der Waals surface area contributed by atoms with Gasteiger partial charge in [0.05, 0.1) is 5.92 Å². The van der Waals surface area contributed by atoms with Crippen LogP contribution in [0.4, 0.5) is 13.2 Å². The van der Waals surface area contributed by atoms with Gasteiger partial charge in [0, 0.05) is 24.6 Å². The Hall–Kier alpha value is -1.51. The van der Waals surface area contributed by atoms with E-state index in [0.29, 0.717) is 10.9 Å². The van der Waals surface area contributed by atoms with Crippen LogP contribution in [-0.4, -0.2) is 33.9 Å². The lowest BCUT2D eigenvalue weighted by molar-refractivity contribution is -0.140. The van der Waals surface area contributed by atoms with E-state index >= 15 is 0 Å². The summed E-state index contributed by atoms with van der Waals surface area (Å²) in [6.45, 7) is -1.31. The fourth-order valence-corrected chi connectivity index (χ4v) is 2.70. The minimum atomic E-state index is -4.44. The number of carbonyl (C=O) groups is 1. The highest BCUT2D eigenvalue weighted by atomic mass is 32.2. The van der Waals surface area contributed by atoms with Gasteiger partial charge in [0.15, 0.2) is 5.16 Å². The van der Waals surface area contributed by atoms with Crippen LogP contribution in [0, 0.1) is 5.92 Å². The van der Waals surface area contributed by atoms with Gasteiger partial charge in [-0.05, 0) is 0 Å². The molecule has 0 radical (unpaired) electrons. The van der Waals surface area contributed by atoms with Gasteiger partial charge in [-0.1, -0.05) is 11.8 Å². The highest BCUT2D eigenvalue weighted by molar-refractivity contribution is 7.99. The predicted molar refractivity (Wildman–Crippen MR) is 61.8 cm³/mol. The largest absolute Gasteiger partial charge is 0.405 e. The Balaban J connectivity index is 2.04. The van der Waals surface area contributed by atoms with Crippen molar-refractivity contribution in [3.05, 3.63) is 22.6 Å². The van der Waals surface area contributed by atoms with E-state index in [1.807, 2.05) is 5.32 Å². The van der Waals surface area contributed by atoms with Gasteiger partial charge in [0.2, 0.25) is 5.91 Å². The number of halogens is 3. The Bertz CT molecular complexity index is 544. The van der Waals surface area contributed by atoms with Crippen molar-refractivity contribution in [2.45, 2.75) is 17.9 Å². The summed E-state index contributed by atoms with van der Waals surface area (Å²) in [5.74, 6) is -1.06. The number of hydrogen-bond acceptors (Lipinski definition) is 4. The van der Waals surface area contributed by atoms with E-state index in [-0.39, 0.29) is 12.1 Å². The van der Waals surface area contributed by atoms with Crippen molar-refractivity contribution in [2.24, 2.45) is 5.92 Å². The molecule has 0 aromatic carbocycles. The normalized spacial score (nSPS) is 18.8. The number of fused-ring (bicyclic) bond motifs is 1. The van der Waals surface area contributed by atoms with E-state index in [1.54, 1.807) is 0 Å². The quantitative estimate of drug-likeness (QED) is 0.813. The summed E-state index contributed by atoms with van der Waals surface area (Å²) in [7, 11) is 0. The van der Waals surface area contributed by atoms with Crippen LogP contribution in [-0.2, 0) is 11.3 Å². The van der Waals surface area contributed by atoms with Gasteiger partial charge in [-0.25, -0.2) is 4.98 Å². The lowest BCUT2D eigenvalue weighted by Gasteiger charge is -2.24. The molecule has 2 heterocycles. The third-order valence-electron chi connectivity index (χ3n) is 2.55. The standard InChI is InChI=1S/C10H10F3N3O2S/c11-10(12,13)5-15-8(18)6-3-16-7(17)1-2-14-9(16)19-4-6/h1-2,6H,3-5H2,(H,15,18). The summed E-state index contributed by atoms with van der Waals surface area (Å²) in [5.41, 5.74) is -0.314.